The smallest absolute Gasteiger partial charge is 0.475 e. The number of carboxylic acids is 1. The number of nitrogens with one attached hydrogen (secondary N) is 1. The Kier molecular flexibility index (Phi) is 11.3. The number of nitrogens with zero attached hydrogens (tertiary/aromatic N) is 3. The van der Waals surface area contributed by atoms with Crippen LogP contribution < -0.4 is 19.9 Å². The van der Waals surface area contributed by atoms with Crippen LogP contribution in [0.1, 0.15) is 46.0 Å². The van der Waals surface area contributed by atoms with Gasteiger partial charge in [0.05, 0.1) is 65.8 Å². The van der Waals surface area contributed by atoms with Crippen molar-refractivity contribution in [3.05, 3.63) is 75.0 Å². The molecule has 3 fully saturated rings. The second-order valence-corrected chi connectivity index (χ2v) is 13.9. The molecule has 17 heteroatoms. The number of hydrogen-bond donors (Lipinski definition) is 2. The number of halogens is 6. The summed E-state index contributed by atoms with van der Waals surface area (Å²) in [4.78, 5) is 41.4. The molecule has 0 saturated carbocycles. The molecule has 284 valence electrons. The predicted molar refractivity (Wildman–Crippen MR) is 188 cm³/mol. The van der Waals surface area contributed by atoms with Crippen LogP contribution in [0.3, 0.4) is 0 Å². The molecule has 53 heavy (non-hydrogen) atoms. The fourth-order valence-electron chi connectivity index (χ4n) is 7.21. The lowest BCUT2D eigenvalue weighted by molar-refractivity contribution is -0.192. The zero-order valence-electron chi connectivity index (χ0n) is 28.6. The minimum absolute atomic E-state index is 0.0750. The Labute approximate surface area is 312 Å². The molecular formula is C36H36Cl2F4N4O7. The highest BCUT2D eigenvalue weighted by molar-refractivity contribution is 6.40. The number of esters is 1. The molecule has 0 spiro atoms. The summed E-state index contributed by atoms with van der Waals surface area (Å²) < 4.78 is 64.6. The van der Waals surface area contributed by atoms with E-state index in [0.717, 1.165) is 38.2 Å². The second kappa shape index (κ2) is 15.6. The topological polar surface area (TPSA) is 121 Å². The van der Waals surface area contributed by atoms with Crippen molar-refractivity contribution in [2.75, 3.05) is 56.5 Å². The van der Waals surface area contributed by atoms with E-state index in [2.05, 4.69) is 22.0 Å². The molecule has 3 atom stereocenters. The monoisotopic (exact) mass is 782 g/mol. The fourth-order valence-corrected chi connectivity index (χ4v) is 7.84. The number of fused-ring (bicyclic) bond motifs is 3. The van der Waals surface area contributed by atoms with E-state index >= 15 is 4.39 Å². The van der Waals surface area contributed by atoms with E-state index in [-0.39, 0.29) is 58.5 Å². The maximum Gasteiger partial charge on any atom is 0.490 e. The summed E-state index contributed by atoms with van der Waals surface area (Å²) in [6.45, 7) is 5.85. The van der Waals surface area contributed by atoms with Gasteiger partial charge in [-0.3, -0.25) is 4.79 Å². The molecule has 0 aromatic heterocycles. The van der Waals surface area contributed by atoms with E-state index in [9.17, 15) is 22.8 Å². The van der Waals surface area contributed by atoms with Crippen LogP contribution in [-0.4, -0.2) is 98.8 Å². The lowest BCUT2D eigenvalue weighted by Gasteiger charge is -2.38. The van der Waals surface area contributed by atoms with Crippen LogP contribution >= 0.6 is 23.2 Å². The SMILES string of the molecule is COC(=O)c1cc(F)c(-c2cccc3c2OCN(C(=O)c2c(Cl)cc(N4CCNC[C@@H]4C)cc2Cl)C3)cc1N1C2CCC1COC2.O=C(O)C(F)(F)F. The lowest BCUT2D eigenvalue weighted by Crippen LogP contribution is -2.50. The third-order valence-corrected chi connectivity index (χ3v) is 10.3. The third-order valence-electron chi connectivity index (χ3n) is 9.73. The van der Waals surface area contributed by atoms with Crippen LogP contribution in [0.5, 0.6) is 5.75 Å². The van der Waals surface area contributed by atoms with Crippen molar-refractivity contribution in [2.45, 2.75) is 50.6 Å². The number of aliphatic carboxylic acids is 1. The van der Waals surface area contributed by atoms with E-state index < -0.39 is 23.9 Å². The predicted octanol–water partition coefficient (Wildman–Crippen LogP) is 6.38. The zero-order valence-corrected chi connectivity index (χ0v) is 30.2. The van der Waals surface area contributed by atoms with Gasteiger partial charge in [-0.2, -0.15) is 13.2 Å². The maximum absolute atomic E-state index is 15.9. The van der Waals surface area contributed by atoms with E-state index in [1.165, 1.54) is 18.1 Å². The summed E-state index contributed by atoms with van der Waals surface area (Å²) >= 11 is 13.4. The number of rotatable bonds is 5. The number of alkyl halides is 3. The average molecular weight is 784 g/mol. The molecule has 1 amide bonds. The van der Waals surface area contributed by atoms with E-state index in [1.54, 1.807) is 30.3 Å². The number of piperazine rings is 1. The minimum Gasteiger partial charge on any atom is -0.475 e. The van der Waals surface area contributed by atoms with Crippen molar-refractivity contribution in [3.8, 4) is 16.9 Å². The van der Waals surface area contributed by atoms with Crippen LogP contribution in [0.15, 0.2) is 42.5 Å². The Morgan fingerprint density at radius 2 is 1.68 bits per heavy atom. The van der Waals surface area contributed by atoms with Crippen molar-refractivity contribution in [1.29, 1.82) is 0 Å². The van der Waals surface area contributed by atoms with E-state index in [1.807, 2.05) is 6.07 Å². The van der Waals surface area contributed by atoms with Crippen molar-refractivity contribution >= 4 is 52.4 Å². The van der Waals surface area contributed by atoms with Crippen LogP contribution in [-0.2, 0) is 20.8 Å². The number of carbonyl (C=O) groups excluding carboxylic acids is 2. The molecule has 7 rings (SSSR count). The summed E-state index contributed by atoms with van der Waals surface area (Å²) in [5.41, 5.74) is 3.42. The van der Waals surface area contributed by atoms with E-state index in [0.29, 0.717) is 41.3 Å². The highest BCUT2D eigenvalue weighted by Crippen LogP contribution is 2.43. The molecule has 3 aromatic carbocycles. The number of anilines is 2. The van der Waals surface area contributed by atoms with Crippen LogP contribution in [0.4, 0.5) is 28.9 Å². The Morgan fingerprint density at radius 3 is 2.28 bits per heavy atom. The number of morpholine rings is 1. The van der Waals surface area contributed by atoms with Crippen molar-refractivity contribution < 1.29 is 51.3 Å². The number of benzene rings is 3. The Balaban J connectivity index is 0.000000626. The molecule has 2 N–H and O–H groups in total. The molecule has 4 aliphatic heterocycles. The molecular weight excluding hydrogens is 747 g/mol. The van der Waals surface area contributed by atoms with Crippen LogP contribution in [0, 0.1) is 5.82 Å². The third kappa shape index (κ3) is 7.84. The quantitative estimate of drug-likeness (QED) is 0.223. The first-order chi connectivity index (χ1) is 25.2. The molecule has 3 aromatic rings. The molecule has 0 radical (unpaired) electrons. The Bertz CT molecular complexity index is 1880. The summed E-state index contributed by atoms with van der Waals surface area (Å²) in [5.74, 6) is -3.80. The molecule has 11 nitrogen and oxygen atoms in total. The number of hydrogen-bond acceptors (Lipinski definition) is 9. The van der Waals surface area contributed by atoms with Gasteiger partial charge in [0.15, 0.2) is 6.73 Å². The molecule has 2 bridgehead atoms. The van der Waals surface area contributed by atoms with Gasteiger partial charge in [-0.05, 0) is 44.0 Å². The number of para-hydroxylation sites is 1. The van der Waals surface area contributed by atoms with Crippen molar-refractivity contribution in [1.82, 2.24) is 10.2 Å². The second-order valence-electron chi connectivity index (χ2n) is 13.1. The maximum atomic E-state index is 15.9. The van der Waals surface area contributed by atoms with Gasteiger partial charge in [0.25, 0.3) is 5.91 Å². The van der Waals surface area contributed by atoms with Gasteiger partial charge in [-0.25, -0.2) is 14.0 Å². The van der Waals surface area contributed by atoms with Gasteiger partial charge in [-0.15, -0.1) is 0 Å². The van der Waals surface area contributed by atoms with E-state index in [4.69, 9.17) is 47.3 Å². The van der Waals surface area contributed by atoms with Gasteiger partial charge < -0.3 is 39.3 Å². The van der Waals surface area contributed by atoms with Gasteiger partial charge >= 0.3 is 18.1 Å². The van der Waals surface area contributed by atoms with Crippen LogP contribution in [0.25, 0.3) is 11.1 Å². The summed E-state index contributed by atoms with van der Waals surface area (Å²) in [6, 6.07) is 12.4. The molecule has 3 saturated heterocycles. The number of ether oxygens (including phenoxy) is 3. The zero-order chi connectivity index (χ0) is 38.2. The first kappa shape index (κ1) is 38.4. The average Bonchev–Trinajstić information content (AvgIpc) is 3.36. The molecule has 2 unspecified atom stereocenters. The highest BCUT2D eigenvalue weighted by Gasteiger charge is 2.40. The fraction of sp³-hybridized carbons (Fsp3) is 0.417. The number of methoxy groups -OCH3 is 1. The Hall–Kier alpha value is -4.31. The lowest BCUT2D eigenvalue weighted by atomic mass is 9.96. The highest BCUT2D eigenvalue weighted by atomic mass is 35.5. The van der Waals surface area contributed by atoms with Crippen LogP contribution in [0.2, 0.25) is 10.0 Å². The van der Waals surface area contributed by atoms with Gasteiger partial charge in [0.2, 0.25) is 0 Å². The Morgan fingerprint density at radius 1 is 1.02 bits per heavy atom. The minimum atomic E-state index is -5.08. The largest absolute Gasteiger partial charge is 0.490 e. The van der Waals surface area contributed by atoms with Gasteiger partial charge in [0.1, 0.15) is 11.6 Å². The molecule has 0 aliphatic carbocycles. The van der Waals surface area contributed by atoms with Crippen molar-refractivity contribution in [3.63, 3.8) is 0 Å². The van der Waals surface area contributed by atoms with Crippen molar-refractivity contribution in [2.24, 2.45) is 0 Å². The summed E-state index contributed by atoms with van der Waals surface area (Å²) in [5, 5.41) is 11.0. The first-order valence-electron chi connectivity index (χ1n) is 16.8. The number of carboxylic acid groups (broad SMARTS) is 1. The molecule has 4 heterocycles. The summed E-state index contributed by atoms with van der Waals surface area (Å²) in [7, 11) is 1.29. The van der Waals surface area contributed by atoms with Gasteiger partial charge in [0, 0.05) is 48.1 Å². The normalized spacial score (nSPS) is 20.9. The number of carbonyl (C=O) groups is 3. The number of amides is 1. The summed E-state index contributed by atoms with van der Waals surface area (Å²) in [6.07, 6.45) is -3.23. The van der Waals surface area contributed by atoms with Gasteiger partial charge in [-0.1, -0.05) is 41.4 Å². The standard InChI is InChI=1S/C34H35Cl2FN4O5.C2HF3O2/c1-19-14-38-8-9-40(19)23-10-27(35)31(28(36)11-23)33(42)39-15-20-4-3-5-24(32(20)46-18-39)25-13-30(26(12-29(25)37)34(43)44-2)41-21-6-7-22(41)17-45-16-21;3-2(4,5)1(6)7/h3-5,10-13,19,21-22,38H,6-9,14-18H2,1-2H3;(H,6,7)/t19-,21?,22?;/m0./s1. The molecule has 4 aliphatic rings. The first-order valence-corrected chi connectivity index (χ1v) is 17.5.